The van der Waals surface area contributed by atoms with Gasteiger partial charge in [-0.1, -0.05) is 5.16 Å². The van der Waals surface area contributed by atoms with E-state index < -0.39 is 0 Å². The van der Waals surface area contributed by atoms with Gasteiger partial charge in [-0.2, -0.15) is 0 Å². The molecule has 0 bridgehead atoms. The fourth-order valence-electron chi connectivity index (χ4n) is 1.28. The standard InChI is InChI=1S/C8H12N2O/c1-9-4-7-5-11-10-8(7)6-2-3-6/h5-6,9H,2-4H2,1H3. The number of aromatic nitrogens is 1. The van der Waals surface area contributed by atoms with E-state index in [-0.39, 0.29) is 0 Å². The van der Waals surface area contributed by atoms with Crippen molar-refractivity contribution in [2.24, 2.45) is 0 Å². The minimum Gasteiger partial charge on any atom is -0.364 e. The number of nitrogens with one attached hydrogen (secondary N) is 1. The second-order valence-corrected chi connectivity index (χ2v) is 3.03. The zero-order valence-corrected chi connectivity index (χ0v) is 6.63. The fourth-order valence-corrected chi connectivity index (χ4v) is 1.28. The molecule has 0 aliphatic heterocycles. The lowest BCUT2D eigenvalue weighted by molar-refractivity contribution is 0.411. The third-order valence-electron chi connectivity index (χ3n) is 2.01. The van der Waals surface area contributed by atoms with Gasteiger partial charge in [0.2, 0.25) is 0 Å². The van der Waals surface area contributed by atoms with E-state index in [2.05, 4.69) is 10.5 Å². The molecule has 1 aliphatic rings. The highest BCUT2D eigenvalue weighted by Crippen LogP contribution is 2.40. The molecule has 0 saturated heterocycles. The monoisotopic (exact) mass is 152 g/mol. The Kier molecular flexibility index (Phi) is 1.66. The molecule has 1 saturated carbocycles. The van der Waals surface area contributed by atoms with Gasteiger partial charge in [-0.3, -0.25) is 0 Å². The lowest BCUT2D eigenvalue weighted by atomic mass is 10.2. The summed E-state index contributed by atoms with van der Waals surface area (Å²) in [5.74, 6) is 0.692. The van der Waals surface area contributed by atoms with Crippen LogP contribution in [0.2, 0.25) is 0 Å². The Hall–Kier alpha value is -0.830. The molecule has 0 amide bonds. The van der Waals surface area contributed by atoms with Crippen LogP contribution in [0.5, 0.6) is 0 Å². The first-order chi connectivity index (χ1) is 5.42. The van der Waals surface area contributed by atoms with E-state index >= 15 is 0 Å². The predicted molar refractivity (Wildman–Crippen MR) is 41.2 cm³/mol. The SMILES string of the molecule is CNCc1conc1C1CC1. The van der Waals surface area contributed by atoms with E-state index in [0.29, 0.717) is 5.92 Å². The largest absolute Gasteiger partial charge is 0.364 e. The summed E-state index contributed by atoms with van der Waals surface area (Å²) in [4.78, 5) is 0. The maximum absolute atomic E-state index is 4.91. The molecule has 0 aromatic carbocycles. The molecule has 0 spiro atoms. The minimum absolute atomic E-state index is 0.692. The number of hydrogen-bond acceptors (Lipinski definition) is 3. The molecular formula is C8H12N2O. The number of hydrogen-bond donors (Lipinski definition) is 1. The van der Waals surface area contributed by atoms with Crippen LogP contribution in [0.1, 0.15) is 30.0 Å². The van der Waals surface area contributed by atoms with E-state index in [4.69, 9.17) is 4.52 Å². The van der Waals surface area contributed by atoms with Gasteiger partial charge in [0.25, 0.3) is 0 Å². The first-order valence-corrected chi connectivity index (χ1v) is 3.99. The topological polar surface area (TPSA) is 38.1 Å². The molecule has 1 N–H and O–H groups in total. The predicted octanol–water partition coefficient (Wildman–Crippen LogP) is 1.27. The van der Waals surface area contributed by atoms with E-state index in [0.717, 1.165) is 6.54 Å². The second-order valence-electron chi connectivity index (χ2n) is 3.03. The quantitative estimate of drug-likeness (QED) is 0.708. The molecule has 11 heavy (non-hydrogen) atoms. The molecule has 0 unspecified atom stereocenters. The van der Waals surface area contributed by atoms with E-state index in [1.807, 2.05) is 7.05 Å². The third-order valence-corrected chi connectivity index (χ3v) is 2.01. The first kappa shape index (κ1) is 6.85. The second kappa shape index (κ2) is 2.66. The summed E-state index contributed by atoms with van der Waals surface area (Å²) in [6.07, 6.45) is 4.30. The molecular weight excluding hydrogens is 140 g/mol. The average molecular weight is 152 g/mol. The third kappa shape index (κ3) is 1.28. The van der Waals surface area contributed by atoms with Gasteiger partial charge >= 0.3 is 0 Å². The Morgan fingerprint density at radius 1 is 1.73 bits per heavy atom. The van der Waals surface area contributed by atoms with Crippen LogP contribution < -0.4 is 5.32 Å². The molecule has 1 fully saturated rings. The van der Waals surface area contributed by atoms with Crippen LogP contribution in [0, 0.1) is 0 Å². The van der Waals surface area contributed by atoms with Crippen molar-refractivity contribution >= 4 is 0 Å². The summed E-state index contributed by atoms with van der Waals surface area (Å²) >= 11 is 0. The summed E-state index contributed by atoms with van der Waals surface area (Å²) in [6.45, 7) is 0.870. The highest BCUT2D eigenvalue weighted by atomic mass is 16.5. The molecule has 1 heterocycles. The van der Waals surface area contributed by atoms with Crippen molar-refractivity contribution in [3.05, 3.63) is 17.5 Å². The van der Waals surface area contributed by atoms with Gasteiger partial charge < -0.3 is 9.84 Å². The average Bonchev–Trinajstić information content (AvgIpc) is 2.75. The molecule has 0 atom stereocenters. The van der Waals surface area contributed by atoms with Crippen molar-refractivity contribution in [2.75, 3.05) is 7.05 Å². The minimum atomic E-state index is 0.692. The zero-order chi connectivity index (χ0) is 7.68. The van der Waals surface area contributed by atoms with Crippen molar-refractivity contribution < 1.29 is 4.52 Å². The van der Waals surface area contributed by atoms with Crippen molar-refractivity contribution in [3.63, 3.8) is 0 Å². The molecule has 1 aliphatic carbocycles. The number of rotatable bonds is 3. The summed E-state index contributed by atoms with van der Waals surface area (Å²) < 4.78 is 4.91. The van der Waals surface area contributed by atoms with E-state index in [1.165, 1.54) is 24.1 Å². The van der Waals surface area contributed by atoms with Crippen LogP contribution in [0.4, 0.5) is 0 Å². The van der Waals surface area contributed by atoms with Gasteiger partial charge in [-0.05, 0) is 19.9 Å². The number of nitrogens with zero attached hydrogens (tertiary/aromatic N) is 1. The van der Waals surface area contributed by atoms with Crippen molar-refractivity contribution in [2.45, 2.75) is 25.3 Å². The Morgan fingerprint density at radius 3 is 3.18 bits per heavy atom. The summed E-state index contributed by atoms with van der Waals surface area (Å²) in [5.41, 5.74) is 2.38. The fraction of sp³-hybridized carbons (Fsp3) is 0.625. The molecule has 60 valence electrons. The van der Waals surface area contributed by atoms with Crippen LogP contribution in [0.25, 0.3) is 0 Å². The van der Waals surface area contributed by atoms with Gasteiger partial charge in [-0.15, -0.1) is 0 Å². The highest BCUT2D eigenvalue weighted by Gasteiger charge is 2.28. The van der Waals surface area contributed by atoms with Gasteiger partial charge in [0.05, 0.1) is 5.69 Å². The molecule has 0 radical (unpaired) electrons. The van der Waals surface area contributed by atoms with Crippen LogP contribution in [-0.2, 0) is 6.54 Å². The van der Waals surface area contributed by atoms with Gasteiger partial charge in [-0.25, -0.2) is 0 Å². The maximum Gasteiger partial charge on any atom is 0.128 e. The van der Waals surface area contributed by atoms with Crippen molar-refractivity contribution in [1.29, 1.82) is 0 Å². The van der Waals surface area contributed by atoms with Crippen LogP contribution in [-0.4, -0.2) is 12.2 Å². The summed E-state index contributed by atoms with van der Waals surface area (Å²) in [7, 11) is 1.93. The first-order valence-electron chi connectivity index (χ1n) is 3.99. The van der Waals surface area contributed by atoms with Crippen molar-refractivity contribution in [3.8, 4) is 0 Å². The van der Waals surface area contributed by atoms with Crippen molar-refractivity contribution in [1.82, 2.24) is 10.5 Å². The molecule has 3 heteroatoms. The van der Waals surface area contributed by atoms with E-state index in [1.54, 1.807) is 6.26 Å². The molecule has 2 rings (SSSR count). The Balaban J connectivity index is 2.16. The maximum atomic E-state index is 4.91. The van der Waals surface area contributed by atoms with Gasteiger partial charge in [0, 0.05) is 18.0 Å². The normalized spacial score (nSPS) is 17.2. The van der Waals surface area contributed by atoms with Crippen LogP contribution >= 0.6 is 0 Å². The highest BCUT2D eigenvalue weighted by molar-refractivity contribution is 5.22. The zero-order valence-electron chi connectivity index (χ0n) is 6.63. The molecule has 1 aromatic heterocycles. The summed E-state index contributed by atoms with van der Waals surface area (Å²) in [6, 6.07) is 0. The van der Waals surface area contributed by atoms with Crippen LogP contribution in [0.15, 0.2) is 10.8 Å². The Morgan fingerprint density at radius 2 is 2.55 bits per heavy atom. The molecule has 1 aromatic rings. The smallest absolute Gasteiger partial charge is 0.128 e. The van der Waals surface area contributed by atoms with E-state index in [9.17, 15) is 0 Å². The lowest BCUT2D eigenvalue weighted by Crippen LogP contribution is -2.05. The van der Waals surface area contributed by atoms with Gasteiger partial charge in [0.15, 0.2) is 0 Å². The van der Waals surface area contributed by atoms with Gasteiger partial charge in [0.1, 0.15) is 6.26 Å². The molecule has 3 nitrogen and oxygen atoms in total. The summed E-state index contributed by atoms with van der Waals surface area (Å²) in [5, 5.41) is 7.07. The van der Waals surface area contributed by atoms with Crippen LogP contribution in [0.3, 0.4) is 0 Å². The Bertz CT molecular complexity index is 240. The lowest BCUT2D eigenvalue weighted by Gasteiger charge is -1.95. The Labute approximate surface area is 65.8 Å².